The van der Waals surface area contributed by atoms with Gasteiger partial charge in [-0.25, -0.2) is 0 Å². The summed E-state index contributed by atoms with van der Waals surface area (Å²) < 4.78 is 1.84. The lowest BCUT2D eigenvalue weighted by Gasteiger charge is -2.22. The molecule has 6 heteroatoms. The quantitative estimate of drug-likeness (QED) is 0.849. The molecule has 1 amide bonds. The van der Waals surface area contributed by atoms with E-state index >= 15 is 0 Å². The minimum Gasteiger partial charge on any atom is -0.395 e. The number of amides is 1. The number of rotatable bonds is 6. The third kappa shape index (κ3) is 4.16. The third-order valence-corrected chi connectivity index (χ3v) is 4.37. The van der Waals surface area contributed by atoms with Crippen LogP contribution in [0.15, 0.2) is 12.3 Å². The van der Waals surface area contributed by atoms with Crippen molar-refractivity contribution in [2.24, 2.45) is 0 Å². The van der Waals surface area contributed by atoms with E-state index in [-0.39, 0.29) is 29.8 Å². The molecule has 0 bridgehead atoms. The first-order chi connectivity index (χ1) is 8.90. The number of halogens is 1. The van der Waals surface area contributed by atoms with E-state index in [1.54, 1.807) is 12.3 Å². The van der Waals surface area contributed by atoms with Crippen LogP contribution in [0.1, 0.15) is 37.3 Å². The fourth-order valence-electron chi connectivity index (χ4n) is 1.87. The van der Waals surface area contributed by atoms with E-state index in [4.69, 9.17) is 11.6 Å². The summed E-state index contributed by atoms with van der Waals surface area (Å²) in [5, 5.41) is 12.7. The summed E-state index contributed by atoms with van der Waals surface area (Å²) in [7, 11) is 0. The van der Waals surface area contributed by atoms with Gasteiger partial charge in [-0.2, -0.15) is 11.8 Å². The van der Waals surface area contributed by atoms with Crippen molar-refractivity contribution in [1.82, 2.24) is 9.88 Å². The Hall–Kier alpha value is -0.650. The highest BCUT2D eigenvalue weighted by Gasteiger charge is 2.21. The van der Waals surface area contributed by atoms with Crippen LogP contribution in [0.3, 0.4) is 0 Å². The van der Waals surface area contributed by atoms with Crippen LogP contribution in [0, 0.1) is 0 Å². The number of aliphatic hydroxyl groups is 1. The number of aliphatic hydroxyl groups excluding tert-OH is 1. The molecule has 108 valence electrons. The van der Waals surface area contributed by atoms with E-state index in [0.717, 1.165) is 0 Å². The summed E-state index contributed by atoms with van der Waals surface area (Å²) in [6, 6.07) is 1.72. The predicted molar refractivity (Wildman–Crippen MR) is 81.1 cm³/mol. The minimum atomic E-state index is -0.166. The average molecular weight is 305 g/mol. The Morgan fingerprint density at radius 1 is 1.53 bits per heavy atom. The van der Waals surface area contributed by atoms with E-state index in [1.165, 1.54) is 11.8 Å². The fourth-order valence-corrected chi connectivity index (χ4v) is 2.70. The van der Waals surface area contributed by atoms with Gasteiger partial charge in [0.25, 0.3) is 5.91 Å². The maximum absolute atomic E-state index is 12.2. The van der Waals surface area contributed by atoms with E-state index in [9.17, 15) is 9.90 Å². The van der Waals surface area contributed by atoms with Crippen LogP contribution in [-0.4, -0.2) is 39.7 Å². The average Bonchev–Trinajstić information content (AvgIpc) is 2.73. The van der Waals surface area contributed by atoms with Crippen molar-refractivity contribution in [3.8, 4) is 0 Å². The van der Waals surface area contributed by atoms with Gasteiger partial charge in [0.1, 0.15) is 5.69 Å². The van der Waals surface area contributed by atoms with Crippen molar-refractivity contribution in [3.63, 3.8) is 0 Å². The molecule has 1 heterocycles. The van der Waals surface area contributed by atoms with Crippen LogP contribution in [0.4, 0.5) is 0 Å². The molecule has 0 aliphatic rings. The van der Waals surface area contributed by atoms with Crippen molar-refractivity contribution in [2.45, 2.75) is 38.1 Å². The van der Waals surface area contributed by atoms with Crippen LogP contribution in [-0.2, 0) is 0 Å². The monoisotopic (exact) mass is 304 g/mol. The van der Waals surface area contributed by atoms with Gasteiger partial charge in [0.2, 0.25) is 0 Å². The van der Waals surface area contributed by atoms with Crippen LogP contribution in [0.5, 0.6) is 0 Å². The number of carbonyl (C=O) groups is 1. The highest BCUT2D eigenvalue weighted by molar-refractivity contribution is 7.99. The number of hydrogen-bond acceptors (Lipinski definition) is 3. The first-order valence-electron chi connectivity index (χ1n) is 6.22. The Morgan fingerprint density at radius 3 is 2.63 bits per heavy atom. The first kappa shape index (κ1) is 16.4. The third-order valence-electron chi connectivity index (χ3n) is 3.00. The van der Waals surface area contributed by atoms with Gasteiger partial charge in [-0.3, -0.25) is 4.79 Å². The van der Waals surface area contributed by atoms with Gasteiger partial charge in [0.05, 0.1) is 11.6 Å². The number of hydrogen-bond donors (Lipinski definition) is 2. The molecule has 0 fully saturated rings. The molecule has 19 heavy (non-hydrogen) atoms. The maximum Gasteiger partial charge on any atom is 0.268 e. The molecule has 0 aliphatic carbocycles. The van der Waals surface area contributed by atoms with Gasteiger partial charge in [-0.05, 0) is 33.1 Å². The smallest absolute Gasteiger partial charge is 0.268 e. The normalized spacial score (nSPS) is 14.5. The van der Waals surface area contributed by atoms with Crippen LogP contribution >= 0.6 is 23.4 Å². The molecule has 1 rings (SSSR count). The highest BCUT2D eigenvalue weighted by Crippen LogP contribution is 2.19. The topological polar surface area (TPSA) is 54.3 Å². The molecule has 2 atom stereocenters. The molecule has 4 nitrogen and oxygen atoms in total. The summed E-state index contributed by atoms with van der Waals surface area (Å²) in [5.41, 5.74) is 0.546. The molecule has 0 saturated heterocycles. The first-order valence-corrected chi connectivity index (χ1v) is 7.89. The van der Waals surface area contributed by atoms with E-state index < -0.39 is 0 Å². The Kier molecular flexibility index (Phi) is 6.23. The summed E-state index contributed by atoms with van der Waals surface area (Å²) in [5.74, 6) is -0.166. The molecule has 1 aromatic heterocycles. The van der Waals surface area contributed by atoms with Crippen molar-refractivity contribution in [2.75, 3.05) is 12.9 Å². The maximum atomic E-state index is 12.2. The summed E-state index contributed by atoms with van der Waals surface area (Å²) in [4.78, 5) is 12.2. The fraction of sp³-hybridized carbons (Fsp3) is 0.615. The molecule has 0 radical (unpaired) electrons. The predicted octanol–water partition coefficient (Wildman–Crippen LogP) is 2.56. The number of nitrogens with one attached hydrogen (secondary N) is 1. The lowest BCUT2D eigenvalue weighted by Crippen LogP contribution is -2.41. The molecular formula is C13H21ClN2O2S. The second-order valence-electron chi connectivity index (χ2n) is 4.76. The molecule has 2 unspecified atom stereocenters. The molecule has 0 aromatic carbocycles. The Balaban J connectivity index is 2.83. The van der Waals surface area contributed by atoms with E-state index in [1.807, 2.05) is 31.6 Å². The van der Waals surface area contributed by atoms with Gasteiger partial charge in [0, 0.05) is 23.5 Å². The molecule has 1 aromatic rings. The lowest BCUT2D eigenvalue weighted by molar-refractivity contribution is 0.0925. The minimum absolute atomic E-state index is 0.0121. The van der Waals surface area contributed by atoms with Gasteiger partial charge in [-0.15, -0.1) is 0 Å². The molecular weight excluding hydrogens is 284 g/mol. The standard InChI is InChI=1S/C13H21ClN2O2S/c1-8(2)16-6-10(14)5-11(16)13(18)15-9(3)12(7-17)19-4/h5-6,8-9,12,17H,7H2,1-4H3,(H,15,18). The Morgan fingerprint density at radius 2 is 2.16 bits per heavy atom. The van der Waals surface area contributed by atoms with Crippen molar-refractivity contribution >= 4 is 29.3 Å². The summed E-state index contributed by atoms with van der Waals surface area (Å²) in [6.07, 6.45) is 3.67. The van der Waals surface area contributed by atoms with Crippen molar-refractivity contribution in [3.05, 3.63) is 23.0 Å². The molecule has 0 spiro atoms. The van der Waals surface area contributed by atoms with E-state index in [2.05, 4.69) is 5.32 Å². The SMILES string of the molecule is CSC(CO)C(C)NC(=O)c1cc(Cl)cn1C(C)C. The Bertz CT molecular complexity index is 430. The lowest BCUT2D eigenvalue weighted by atomic mass is 10.2. The van der Waals surface area contributed by atoms with Crippen LogP contribution in [0.2, 0.25) is 5.02 Å². The number of aromatic nitrogens is 1. The largest absolute Gasteiger partial charge is 0.395 e. The van der Waals surface area contributed by atoms with E-state index in [0.29, 0.717) is 10.7 Å². The number of nitrogens with zero attached hydrogens (tertiary/aromatic N) is 1. The summed E-state index contributed by atoms with van der Waals surface area (Å²) in [6.45, 7) is 5.91. The second-order valence-corrected chi connectivity index (χ2v) is 6.28. The molecule has 0 saturated carbocycles. The zero-order valence-corrected chi connectivity index (χ0v) is 13.3. The van der Waals surface area contributed by atoms with Gasteiger partial charge >= 0.3 is 0 Å². The van der Waals surface area contributed by atoms with Crippen LogP contribution in [0.25, 0.3) is 0 Å². The van der Waals surface area contributed by atoms with Crippen LogP contribution < -0.4 is 5.32 Å². The number of carbonyl (C=O) groups excluding carboxylic acids is 1. The highest BCUT2D eigenvalue weighted by atomic mass is 35.5. The van der Waals surface area contributed by atoms with Gasteiger partial charge in [-0.1, -0.05) is 11.6 Å². The summed E-state index contributed by atoms with van der Waals surface area (Å²) >= 11 is 7.50. The van der Waals surface area contributed by atoms with Gasteiger partial charge < -0.3 is 15.0 Å². The molecule has 2 N–H and O–H groups in total. The van der Waals surface area contributed by atoms with Crippen molar-refractivity contribution in [1.29, 1.82) is 0 Å². The second kappa shape index (κ2) is 7.22. The zero-order valence-electron chi connectivity index (χ0n) is 11.7. The van der Waals surface area contributed by atoms with Gasteiger partial charge in [0.15, 0.2) is 0 Å². The number of thioether (sulfide) groups is 1. The zero-order chi connectivity index (χ0) is 14.6. The Labute approximate surface area is 123 Å². The van der Waals surface area contributed by atoms with Crippen molar-refractivity contribution < 1.29 is 9.90 Å². The molecule has 0 aliphatic heterocycles.